The van der Waals surface area contributed by atoms with Crippen LogP contribution < -0.4 is 5.32 Å². The van der Waals surface area contributed by atoms with E-state index in [9.17, 15) is 9.59 Å². The zero-order valence-corrected chi connectivity index (χ0v) is 11.0. The number of carbonyl (C=O) groups excluding carboxylic acids is 2. The zero-order valence-electron chi connectivity index (χ0n) is 11.0. The summed E-state index contributed by atoms with van der Waals surface area (Å²) in [5, 5.41) is 2.75. The highest BCUT2D eigenvalue weighted by atomic mass is 16.2. The number of fused-ring (bicyclic) bond motifs is 1. The van der Waals surface area contributed by atoms with Crippen LogP contribution in [0.1, 0.15) is 26.4 Å². The molecule has 1 N–H and O–H groups in total. The molecule has 0 bridgehead atoms. The summed E-state index contributed by atoms with van der Waals surface area (Å²) in [6.07, 6.45) is 1.57. The fraction of sp³-hybridized carbons (Fsp3) is 0.133. The topological polar surface area (TPSA) is 62.3 Å². The number of carbonyl (C=O) groups is 2. The molecule has 2 heterocycles. The second kappa shape index (κ2) is 4.77. The summed E-state index contributed by atoms with van der Waals surface area (Å²) in [6, 6.07) is 10.5. The molecule has 2 amide bonds. The Labute approximate surface area is 116 Å². The molecular weight excluding hydrogens is 254 g/mol. The summed E-state index contributed by atoms with van der Waals surface area (Å²) in [4.78, 5) is 29.5. The van der Waals surface area contributed by atoms with E-state index in [0.29, 0.717) is 23.5 Å². The Morgan fingerprint density at radius 1 is 1.30 bits per heavy atom. The van der Waals surface area contributed by atoms with Crippen LogP contribution in [0, 0.1) is 0 Å². The predicted octanol–water partition coefficient (Wildman–Crippen LogP) is 1.92. The first-order valence-electron chi connectivity index (χ1n) is 6.26. The van der Waals surface area contributed by atoms with E-state index >= 15 is 0 Å². The number of hydrogen-bond donors (Lipinski definition) is 1. The minimum Gasteiger partial charge on any atom is -0.337 e. The molecule has 5 nitrogen and oxygen atoms in total. The van der Waals surface area contributed by atoms with Gasteiger partial charge in [-0.2, -0.15) is 0 Å². The number of nitrogens with one attached hydrogen (secondary N) is 1. The maximum Gasteiger partial charge on any atom is 0.274 e. The molecule has 5 heteroatoms. The number of aromatic nitrogens is 1. The van der Waals surface area contributed by atoms with Crippen LogP contribution in [0.25, 0.3) is 0 Å². The van der Waals surface area contributed by atoms with Crippen LogP contribution in [0.2, 0.25) is 0 Å². The van der Waals surface area contributed by atoms with Crippen LogP contribution >= 0.6 is 0 Å². The maximum absolute atomic E-state index is 12.0. The number of nitrogens with zero attached hydrogens (tertiary/aromatic N) is 2. The van der Waals surface area contributed by atoms with Gasteiger partial charge in [0.15, 0.2) is 0 Å². The predicted molar refractivity (Wildman–Crippen MR) is 74.4 cm³/mol. The van der Waals surface area contributed by atoms with Gasteiger partial charge in [-0.05, 0) is 29.8 Å². The molecule has 1 aliphatic heterocycles. The summed E-state index contributed by atoms with van der Waals surface area (Å²) in [5.74, 6) is -0.307. The quantitative estimate of drug-likeness (QED) is 0.904. The molecule has 0 unspecified atom stereocenters. The molecule has 0 saturated carbocycles. The molecule has 1 aromatic carbocycles. The average molecular weight is 267 g/mol. The fourth-order valence-electron chi connectivity index (χ4n) is 2.22. The maximum atomic E-state index is 12.0. The SMILES string of the molecule is CN1Cc2ccc(NC(=O)c3ccccn3)cc2C1=O. The first-order valence-corrected chi connectivity index (χ1v) is 6.26. The average Bonchev–Trinajstić information content (AvgIpc) is 2.75. The van der Waals surface area contributed by atoms with Crippen molar-refractivity contribution in [3.8, 4) is 0 Å². The van der Waals surface area contributed by atoms with Crippen LogP contribution in [0.5, 0.6) is 0 Å². The molecule has 2 aromatic rings. The van der Waals surface area contributed by atoms with Gasteiger partial charge in [0.25, 0.3) is 11.8 Å². The van der Waals surface area contributed by atoms with Crippen molar-refractivity contribution in [3.63, 3.8) is 0 Å². The van der Waals surface area contributed by atoms with Crippen molar-refractivity contribution in [2.45, 2.75) is 6.54 Å². The van der Waals surface area contributed by atoms with Crippen molar-refractivity contribution in [1.29, 1.82) is 0 Å². The molecule has 0 fully saturated rings. The molecule has 0 radical (unpaired) electrons. The number of anilines is 1. The summed E-state index contributed by atoms with van der Waals surface area (Å²) in [5.41, 5.74) is 2.57. The van der Waals surface area contributed by atoms with Gasteiger partial charge in [0.1, 0.15) is 5.69 Å². The Kier molecular flexibility index (Phi) is 2.95. The van der Waals surface area contributed by atoms with Gasteiger partial charge in [-0.25, -0.2) is 0 Å². The van der Waals surface area contributed by atoms with E-state index in [1.165, 1.54) is 0 Å². The van der Waals surface area contributed by atoms with Crippen LogP contribution in [0.3, 0.4) is 0 Å². The molecule has 0 aliphatic carbocycles. The van der Waals surface area contributed by atoms with Crippen molar-refractivity contribution in [2.75, 3.05) is 12.4 Å². The molecule has 0 spiro atoms. The third-order valence-electron chi connectivity index (χ3n) is 3.25. The summed E-state index contributed by atoms with van der Waals surface area (Å²) < 4.78 is 0. The van der Waals surface area contributed by atoms with Gasteiger partial charge in [0, 0.05) is 31.0 Å². The second-order valence-electron chi connectivity index (χ2n) is 4.70. The molecular formula is C15H13N3O2. The molecule has 100 valence electrons. The fourth-order valence-corrected chi connectivity index (χ4v) is 2.22. The van der Waals surface area contributed by atoms with Gasteiger partial charge in [-0.3, -0.25) is 14.6 Å². The van der Waals surface area contributed by atoms with Crippen molar-refractivity contribution in [2.24, 2.45) is 0 Å². The van der Waals surface area contributed by atoms with Gasteiger partial charge in [0.05, 0.1) is 0 Å². The lowest BCUT2D eigenvalue weighted by atomic mass is 10.1. The highest BCUT2D eigenvalue weighted by molar-refractivity contribution is 6.04. The lowest BCUT2D eigenvalue weighted by Crippen LogP contribution is -2.17. The number of amides is 2. The van der Waals surface area contributed by atoms with E-state index < -0.39 is 0 Å². The second-order valence-corrected chi connectivity index (χ2v) is 4.70. The summed E-state index contributed by atoms with van der Waals surface area (Å²) in [7, 11) is 1.76. The minimum absolute atomic E-state index is 0.0195. The van der Waals surface area contributed by atoms with E-state index in [4.69, 9.17) is 0 Å². The van der Waals surface area contributed by atoms with E-state index in [0.717, 1.165) is 5.56 Å². The van der Waals surface area contributed by atoms with Crippen LogP contribution in [-0.2, 0) is 6.54 Å². The Balaban J connectivity index is 1.83. The number of rotatable bonds is 2. The third-order valence-corrected chi connectivity index (χ3v) is 3.25. The lowest BCUT2D eigenvalue weighted by molar-refractivity contribution is 0.0816. The van der Waals surface area contributed by atoms with Crippen molar-refractivity contribution < 1.29 is 9.59 Å². The van der Waals surface area contributed by atoms with Crippen LogP contribution in [-0.4, -0.2) is 28.7 Å². The molecule has 0 saturated heterocycles. The Hall–Kier alpha value is -2.69. The summed E-state index contributed by atoms with van der Waals surface area (Å²) >= 11 is 0. The van der Waals surface area contributed by atoms with E-state index in [-0.39, 0.29) is 11.8 Å². The lowest BCUT2D eigenvalue weighted by Gasteiger charge is -2.06. The normalized spacial score (nSPS) is 13.2. The smallest absolute Gasteiger partial charge is 0.274 e. The minimum atomic E-state index is -0.288. The van der Waals surface area contributed by atoms with Gasteiger partial charge < -0.3 is 10.2 Å². The molecule has 3 rings (SSSR count). The largest absolute Gasteiger partial charge is 0.337 e. The molecule has 1 aromatic heterocycles. The van der Waals surface area contributed by atoms with E-state index in [1.807, 2.05) is 6.07 Å². The highest BCUT2D eigenvalue weighted by Crippen LogP contribution is 2.24. The van der Waals surface area contributed by atoms with Gasteiger partial charge >= 0.3 is 0 Å². The van der Waals surface area contributed by atoms with Gasteiger partial charge in [0.2, 0.25) is 0 Å². The number of pyridine rings is 1. The van der Waals surface area contributed by atoms with E-state index in [2.05, 4.69) is 10.3 Å². The molecule has 20 heavy (non-hydrogen) atoms. The molecule has 0 atom stereocenters. The first kappa shape index (κ1) is 12.3. The van der Waals surface area contributed by atoms with Crippen LogP contribution in [0.4, 0.5) is 5.69 Å². The van der Waals surface area contributed by atoms with Crippen molar-refractivity contribution in [3.05, 3.63) is 59.4 Å². The number of benzene rings is 1. The molecule has 1 aliphatic rings. The Bertz CT molecular complexity index is 683. The third kappa shape index (κ3) is 2.14. The highest BCUT2D eigenvalue weighted by Gasteiger charge is 2.24. The zero-order chi connectivity index (χ0) is 14.1. The van der Waals surface area contributed by atoms with E-state index in [1.54, 1.807) is 48.5 Å². The standard InChI is InChI=1S/C15H13N3O2/c1-18-9-10-5-6-11(8-12(10)15(18)20)17-14(19)13-4-2-3-7-16-13/h2-8H,9H2,1H3,(H,17,19). The number of hydrogen-bond acceptors (Lipinski definition) is 3. The van der Waals surface area contributed by atoms with Crippen LogP contribution in [0.15, 0.2) is 42.6 Å². The van der Waals surface area contributed by atoms with Crippen molar-refractivity contribution in [1.82, 2.24) is 9.88 Å². The van der Waals surface area contributed by atoms with Crippen molar-refractivity contribution >= 4 is 17.5 Å². The monoisotopic (exact) mass is 267 g/mol. The first-order chi connectivity index (χ1) is 9.65. The summed E-state index contributed by atoms with van der Waals surface area (Å²) in [6.45, 7) is 0.614. The van der Waals surface area contributed by atoms with Gasteiger partial charge in [-0.1, -0.05) is 12.1 Å². The Morgan fingerprint density at radius 2 is 2.15 bits per heavy atom. The van der Waals surface area contributed by atoms with Gasteiger partial charge in [-0.15, -0.1) is 0 Å². The Morgan fingerprint density at radius 3 is 2.90 bits per heavy atom.